The second-order valence-corrected chi connectivity index (χ2v) is 6.38. The first-order chi connectivity index (χ1) is 9.58. The SMILES string of the molecule is CC(C)C(=O)N1CCC(C(=O)NCc2ccsc2)CC1. The topological polar surface area (TPSA) is 49.4 Å². The molecule has 1 aliphatic heterocycles. The molecule has 1 saturated heterocycles. The molecule has 1 aromatic rings. The van der Waals surface area contributed by atoms with Gasteiger partial charge in [-0.1, -0.05) is 13.8 Å². The van der Waals surface area contributed by atoms with E-state index < -0.39 is 0 Å². The molecule has 2 rings (SSSR count). The molecule has 0 bridgehead atoms. The fourth-order valence-electron chi connectivity index (χ4n) is 2.45. The first-order valence-corrected chi connectivity index (χ1v) is 8.09. The van der Waals surface area contributed by atoms with Crippen molar-refractivity contribution >= 4 is 23.2 Å². The van der Waals surface area contributed by atoms with Crippen LogP contribution in [0.5, 0.6) is 0 Å². The minimum Gasteiger partial charge on any atom is -0.352 e. The smallest absolute Gasteiger partial charge is 0.225 e. The van der Waals surface area contributed by atoms with E-state index >= 15 is 0 Å². The maximum Gasteiger partial charge on any atom is 0.225 e. The van der Waals surface area contributed by atoms with E-state index in [1.165, 1.54) is 0 Å². The summed E-state index contributed by atoms with van der Waals surface area (Å²) in [5.41, 5.74) is 1.15. The summed E-state index contributed by atoms with van der Waals surface area (Å²) in [6, 6.07) is 2.02. The van der Waals surface area contributed by atoms with Crippen LogP contribution in [0.4, 0.5) is 0 Å². The Kier molecular flexibility index (Phi) is 5.17. The highest BCUT2D eigenvalue weighted by Crippen LogP contribution is 2.19. The number of likely N-dealkylation sites (tertiary alicyclic amines) is 1. The number of hydrogen-bond donors (Lipinski definition) is 1. The highest BCUT2D eigenvalue weighted by Gasteiger charge is 2.27. The van der Waals surface area contributed by atoms with Crippen molar-refractivity contribution in [3.63, 3.8) is 0 Å². The van der Waals surface area contributed by atoms with E-state index in [2.05, 4.69) is 5.32 Å². The lowest BCUT2D eigenvalue weighted by molar-refractivity contribution is -0.138. The second kappa shape index (κ2) is 6.88. The zero-order chi connectivity index (χ0) is 14.5. The standard InChI is InChI=1S/C15H22N2O2S/c1-11(2)15(19)17-6-3-13(4-7-17)14(18)16-9-12-5-8-20-10-12/h5,8,10-11,13H,3-4,6-7,9H2,1-2H3,(H,16,18). The Balaban J connectivity index is 1.75. The van der Waals surface area contributed by atoms with Crippen LogP contribution in [0, 0.1) is 11.8 Å². The quantitative estimate of drug-likeness (QED) is 0.926. The molecule has 0 spiro atoms. The lowest BCUT2D eigenvalue weighted by Gasteiger charge is -2.32. The highest BCUT2D eigenvalue weighted by molar-refractivity contribution is 7.07. The Hall–Kier alpha value is -1.36. The van der Waals surface area contributed by atoms with E-state index in [4.69, 9.17) is 0 Å². The van der Waals surface area contributed by atoms with Gasteiger partial charge < -0.3 is 10.2 Å². The summed E-state index contributed by atoms with van der Waals surface area (Å²) in [5.74, 6) is 0.402. The molecule has 2 amide bonds. The summed E-state index contributed by atoms with van der Waals surface area (Å²) in [5, 5.41) is 7.04. The van der Waals surface area contributed by atoms with Gasteiger partial charge >= 0.3 is 0 Å². The number of rotatable bonds is 4. The second-order valence-electron chi connectivity index (χ2n) is 5.60. The number of carbonyl (C=O) groups is 2. The molecule has 1 N–H and O–H groups in total. The minimum absolute atomic E-state index is 0.0407. The maximum atomic E-state index is 12.1. The van der Waals surface area contributed by atoms with Gasteiger partial charge in [-0.2, -0.15) is 11.3 Å². The molecule has 1 aromatic heterocycles. The van der Waals surface area contributed by atoms with Gasteiger partial charge in [0.15, 0.2) is 0 Å². The van der Waals surface area contributed by atoms with Gasteiger partial charge in [0.2, 0.25) is 11.8 Å². The van der Waals surface area contributed by atoms with Crippen LogP contribution in [0.15, 0.2) is 16.8 Å². The van der Waals surface area contributed by atoms with Gasteiger partial charge in [-0.25, -0.2) is 0 Å². The molecule has 1 fully saturated rings. The van der Waals surface area contributed by atoms with E-state index in [1.54, 1.807) is 11.3 Å². The predicted octanol–water partition coefficient (Wildman–Crippen LogP) is 2.26. The monoisotopic (exact) mass is 294 g/mol. The Morgan fingerprint density at radius 2 is 2.10 bits per heavy atom. The van der Waals surface area contributed by atoms with Crippen LogP contribution in [0.1, 0.15) is 32.3 Å². The number of carbonyl (C=O) groups excluding carboxylic acids is 2. The van der Waals surface area contributed by atoms with Crippen LogP contribution in [-0.4, -0.2) is 29.8 Å². The zero-order valence-corrected chi connectivity index (χ0v) is 12.9. The van der Waals surface area contributed by atoms with Crippen LogP contribution in [0.3, 0.4) is 0 Å². The molecule has 4 nitrogen and oxygen atoms in total. The van der Waals surface area contributed by atoms with Crippen LogP contribution in [0.2, 0.25) is 0 Å². The summed E-state index contributed by atoms with van der Waals surface area (Å²) in [7, 11) is 0. The molecule has 0 radical (unpaired) electrons. The molecule has 0 aliphatic carbocycles. The number of amides is 2. The molecule has 0 aromatic carbocycles. The average molecular weight is 294 g/mol. The van der Waals surface area contributed by atoms with Gasteiger partial charge in [0.05, 0.1) is 0 Å². The molecule has 20 heavy (non-hydrogen) atoms. The summed E-state index contributed by atoms with van der Waals surface area (Å²) in [4.78, 5) is 25.9. The molecular weight excluding hydrogens is 272 g/mol. The first-order valence-electron chi connectivity index (χ1n) is 7.15. The van der Waals surface area contributed by atoms with Crippen LogP contribution < -0.4 is 5.32 Å². The third-order valence-electron chi connectivity index (χ3n) is 3.72. The Bertz CT molecular complexity index is 448. The van der Waals surface area contributed by atoms with E-state index in [0.29, 0.717) is 19.6 Å². The molecule has 2 heterocycles. The van der Waals surface area contributed by atoms with E-state index in [0.717, 1.165) is 18.4 Å². The van der Waals surface area contributed by atoms with Gasteiger partial charge in [-0.3, -0.25) is 9.59 Å². The number of nitrogens with one attached hydrogen (secondary N) is 1. The predicted molar refractivity (Wildman–Crippen MR) is 80.3 cm³/mol. The molecular formula is C15H22N2O2S. The summed E-state index contributed by atoms with van der Waals surface area (Å²) in [6.07, 6.45) is 1.54. The molecule has 1 aliphatic rings. The molecule has 5 heteroatoms. The Labute approximate surface area is 124 Å². The molecule has 0 saturated carbocycles. The van der Waals surface area contributed by atoms with Crippen molar-refractivity contribution < 1.29 is 9.59 Å². The van der Waals surface area contributed by atoms with Crippen molar-refractivity contribution in [2.45, 2.75) is 33.2 Å². The first kappa shape index (κ1) is 15.0. The van der Waals surface area contributed by atoms with E-state index in [1.807, 2.05) is 35.6 Å². The Morgan fingerprint density at radius 3 is 2.65 bits per heavy atom. The normalized spacial score (nSPS) is 16.4. The van der Waals surface area contributed by atoms with Crippen molar-refractivity contribution in [2.75, 3.05) is 13.1 Å². The largest absolute Gasteiger partial charge is 0.352 e. The van der Waals surface area contributed by atoms with E-state index in [-0.39, 0.29) is 23.7 Å². The van der Waals surface area contributed by atoms with Gasteiger partial charge in [0, 0.05) is 31.5 Å². The highest BCUT2D eigenvalue weighted by atomic mass is 32.1. The molecule has 110 valence electrons. The number of nitrogens with zero attached hydrogens (tertiary/aromatic N) is 1. The van der Waals surface area contributed by atoms with Crippen molar-refractivity contribution in [2.24, 2.45) is 11.8 Å². The third-order valence-corrected chi connectivity index (χ3v) is 4.45. The summed E-state index contributed by atoms with van der Waals surface area (Å²) < 4.78 is 0. The van der Waals surface area contributed by atoms with Crippen molar-refractivity contribution in [1.29, 1.82) is 0 Å². The van der Waals surface area contributed by atoms with Gasteiger partial charge in [0.1, 0.15) is 0 Å². The third kappa shape index (κ3) is 3.82. The fourth-order valence-corrected chi connectivity index (χ4v) is 3.12. The van der Waals surface area contributed by atoms with Gasteiger partial charge in [-0.15, -0.1) is 0 Å². The average Bonchev–Trinajstić information content (AvgIpc) is 2.97. The fraction of sp³-hybridized carbons (Fsp3) is 0.600. The van der Waals surface area contributed by atoms with Gasteiger partial charge in [0.25, 0.3) is 0 Å². The lowest BCUT2D eigenvalue weighted by Crippen LogP contribution is -2.44. The molecule has 0 atom stereocenters. The summed E-state index contributed by atoms with van der Waals surface area (Å²) >= 11 is 1.64. The van der Waals surface area contributed by atoms with E-state index in [9.17, 15) is 9.59 Å². The zero-order valence-electron chi connectivity index (χ0n) is 12.1. The maximum absolute atomic E-state index is 12.1. The van der Waals surface area contributed by atoms with Crippen molar-refractivity contribution in [3.05, 3.63) is 22.4 Å². The van der Waals surface area contributed by atoms with Crippen LogP contribution in [0.25, 0.3) is 0 Å². The van der Waals surface area contributed by atoms with Crippen molar-refractivity contribution in [3.8, 4) is 0 Å². The van der Waals surface area contributed by atoms with Crippen LogP contribution >= 0.6 is 11.3 Å². The van der Waals surface area contributed by atoms with Crippen molar-refractivity contribution in [1.82, 2.24) is 10.2 Å². The number of thiophene rings is 1. The molecule has 0 unspecified atom stereocenters. The van der Waals surface area contributed by atoms with Crippen LogP contribution in [-0.2, 0) is 16.1 Å². The minimum atomic E-state index is 0.0407. The van der Waals surface area contributed by atoms with Gasteiger partial charge in [-0.05, 0) is 35.2 Å². The Morgan fingerprint density at radius 1 is 1.40 bits per heavy atom. The lowest BCUT2D eigenvalue weighted by atomic mass is 9.95. The number of hydrogen-bond acceptors (Lipinski definition) is 3. The number of piperidine rings is 1. The summed E-state index contributed by atoms with van der Waals surface area (Å²) in [6.45, 7) is 5.85.